The van der Waals surface area contributed by atoms with Crippen LogP contribution in [0.3, 0.4) is 0 Å². The summed E-state index contributed by atoms with van der Waals surface area (Å²) >= 11 is 1.71. The van der Waals surface area contributed by atoms with Gasteiger partial charge in [-0.3, -0.25) is 4.79 Å². The lowest BCUT2D eigenvalue weighted by molar-refractivity contribution is 0.103. The first-order chi connectivity index (χ1) is 13.7. The van der Waals surface area contributed by atoms with Gasteiger partial charge in [-0.15, -0.1) is 11.3 Å². The molecular formula is C22H15FN2O2S. The number of rotatable bonds is 4. The number of aromatic nitrogens is 2. The second-order valence-electron chi connectivity index (χ2n) is 6.68. The molecule has 0 radical (unpaired) electrons. The maximum atomic E-state index is 13.0. The Hall–Kier alpha value is -3.12. The predicted octanol–water partition coefficient (Wildman–Crippen LogP) is 5.34. The van der Waals surface area contributed by atoms with Gasteiger partial charge >= 0.3 is 0 Å². The van der Waals surface area contributed by atoms with Crippen LogP contribution < -0.4 is 4.74 Å². The molecule has 0 bridgehead atoms. The number of benzene rings is 2. The van der Waals surface area contributed by atoms with Gasteiger partial charge in [0.05, 0.1) is 5.39 Å². The molecule has 0 unspecified atom stereocenters. The second-order valence-corrected chi connectivity index (χ2v) is 7.76. The van der Waals surface area contributed by atoms with Gasteiger partial charge in [0.25, 0.3) is 0 Å². The number of hydrogen-bond acceptors (Lipinski definition) is 5. The molecule has 0 amide bonds. The summed E-state index contributed by atoms with van der Waals surface area (Å²) in [4.78, 5) is 23.6. The molecule has 0 saturated heterocycles. The Morgan fingerprint density at radius 3 is 2.43 bits per heavy atom. The molecule has 4 aromatic rings. The lowest BCUT2D eigenvalue weighted by Gasteiger charge is -2.08. The highest BCUT2D eigenvalue weighted by Crippen LogP contribution is 2.40. The predicted molar refractivity (Wildman–Crippen MR) is 106 cm³/mol. The smallest absolute Gasteiger partial charge is 0.231 e. The maximum absolute atomic E-state index is 13.0. The first-order valence-electron chi connectivity index (χ1n) is 9.02. The molecule has 0 atom stereocenters. The van der Waals surface area contributed by atoms with Crippen LogP contribution in [0, 0.1) is 5.82 Å². The van der Waals surface area contributed by atoms with Crippen LogP contribution in [-0.4, -0.2) is 15.8 Å². The van der Waals surface area contributed by atoms with E-state index in [1.807, 2.05) is 0 Å². The van der Waals surface area contributed by atoms with Crippen molar-refractivity contribution in [1.29, 1.82) is 0 Å². The summed E-state index contributed by atoms with van der Waals surface area (Å²) in [7, 11) is 0. The molecule has 1 aliphatic rings. The summed E-state index contributed by atoms with van der Waals surface area (Å²) in [5.41, 5.74) is 2.27. The van der Waals surface area contributed by atoms with Crippen molar-refractivity contribution in [3.8, 4) is 11.6 Å². The molecule has 28 heavy (non-hydrogen) atoms. The third-order valence-corrected chi connectivity index (χ3v) is 6.10. The van der Waals surface area contributed by atoms with Crippen molar-refractivity contribution in [3.63, 3.8) is 0 Å². The summed E-state index contributed by atoms with van der Waals surface area (Å²) in [6, 6.07) is 12.4. The molecule has 0 saturated carbocycles. The van der Waals surface area contributed by atoms with E-state index in [1.165, 1.54) is 41.0 Å². The first kappa shape index (κ1) is 17.0. The largest absolute Gasteiger partial charge is 0.438 e. The number of carbonyl (C=O) groups is 1. The zero-order chi connectivity index (χ0) is 19.1. The second kappa shape index (κ2) is 6.80. The van der Waals surface area contributed by atoms with Crippen molar-refractivity contribution in [1.82, 2.24) is 9.97 Å². The van der Waals surface area contributed by atoms with E-state index in [-0.39, 0.29) is 11.6 Å². The number of nitrogens with zero attached hydrogens (tertiary/aromatic N) is 2. The van der Waals surface area contributed by atoms with Crippen molar-refractivity contribution < 1.29 is 13.9 Å². The van der Waals surface area contributed by atoms with Crippen molar-refractivity contribution in [2.24, 2.45) is 0 Å². The van der Waals surface area contributed by atoms with Crippen LogP contribution >= 0.6 is 11.3 Å². The summed E-state index contributed by atoms with van der Waals surface area (Å²) in [5.74, 6) is 0.638. The van der Waals surface area contributed by atoms with E-state index >= 15 is 0 Å². The number of thiophene rings is 1. The highest BCUT2D eigenvalue weighted by atomic mass is 32.1. The molecule has 138 valence electrons. The molecule has 6 heteroatoms. The van der Waals surface area contributed by atoms with E-state index < -0.39 is 0 Å². The molecule has 2 aromatic carbocycles. The number of aryl methyl sites for hydroxylation is 2. The highest BCUT2D eigenvalue weighted by molar-refractivity contribution is 7.18. The third-order valence-electron chi connectivity index (χ3n) is 4.90. The fraction of sp³-hybridized carbons (Fsp3) is 0.136. The van der Waals surface area contributed by atoms with Gasteiger partial charge < -0.3 is 4.74 Å². The molecule has 5 rings (SSSR count). The van der Waals surface area contributed by atoms with Gasteiger partial charge in [-0.25, -0.2) is 14.4 Å². The van der Waals surface area contributed by atoms with E-state index in [0.29, 0.717) is 22.8 Å². The van der Waals surface area contributed by atoms with Crippen LogP contribution in [0.1, 0.15) is 32.8 Å². The fourth-order valence-corrected chi connectivity index (χ4v) is 4.75. The van der Waals surface area contributed by atoms with Crippen molar-refractivity contribution in [3.05, 3.63) is 82.2 Å². The van der Waals surface area contributed by atoms with Gasteiger partial charge in [0.1, 0.15) is 22.7 Å². The van der Waals surface area contributed by atoms with E-state index in [0.717, 1.165) is 29.5 Å². The molecule has 2 heterocycles. The number of ketones is 1. The van der Waals surface area contributed by atoms with Gasteiger partial charge in [0, 0.05) is 16.0 Å². The monoisotopic (exact) mass is 390 g/mol. The van der Waals surface area contributed by atoms with Crippen molar-refractivity contribution in [2.45, 2.75) is 19.3 Å². The van der Waals surface area contributed by atoms with E-state index in [9.17, 15) is 9.18 Å². The normalized spacial score (nSPS) is 12.9. The number of ether oxygens (including phenoxy) is 1. The van der Waals surface area contributed by atoms with Crippen LogP contribution in [0.2, 0.25) is 0 Å². The minimum atomic E-state index is -0.364. The Balaban J connectivity index is 1.42. The fourth-order valence-electron chi connectivity index (χ4n) is 3.53. The number of fused-ring (bicyclic) bond motifs is 3. The number of hydrogen-bond donors (Lipinski definition) is 0. The molecule has 0 aliphatic heterocycles. The first-order valence-corrected chi connectivity index (χ1v) is 9.84. The summed E-state index contributed by atoms with van der Waals surface area (Å²) in [6.45, 7) is 0. The molecule has 2 aromatic heterocycles. The van der Waals surface area contributed by atoms with Gasteiger partial charge in [0.15, 0.2) is 5.78 Å². The van der Waals surface area contributed by atoms with Gasteiger partial charge in [-0.05, 0) is 73.4 Å². The average molecular weight is 390 g/mol. The Bertz CT molecular complexity index is 1180. The standard InChI is InChI=1S/C22H15FN2O2S/c23-15-8-4-13(5-9-15)20(26)14-6-10-16(11-7-14)27-21-19-17-2-1-3-18(17)28-22(19)25-12-24-21/h4-12H,1-3H2. The van der Waals surface area contributed by atoms with Crippen LogP contribution in [-0.2, 0) is 12.8 Å². The number of carbonyl (C=O) groups excluding carboxylic acids is 1. The molecule has 4 nitrogen and oxygen atoms in total. The van der Waals surface area contributed by atoms with Gasteiger partial charge in [-0.1, -0.05) is 0 Å². The average Bonchev–Trinajstić information content (AvgIpc) is 3.30. The Morgan fingerprint density at radius 2 is 1.68 bits per heavy atom. The third kappa shape index (κ3) is 2.96. The topological polar surface area (TPSA) is 52.1 Å². The lowest BCUT2D eigenvalue weighted by atomic mass is 10.0. The Labute approximate surface area is 164 Å². The molecular weight excluding hydrogens is 375 g/mol. The highest BCUT2D eigenvalue weighted by Gasteiger charge is 2.22. The van der Waals surface area contributed by atoms with Crippen LogP contribution in [0.25, 0.3) is 10.2 Å². The number of halogens is 1. The van der Waals surface area contributed by atoms with Crippen LogP contribution in [0.5, 0.6) is 11.6 Å². The molecule has 0 spiro atoms. The zero-order valence-electron chi connectivity index (χ0n) is 14.8. The Morgan fingerprint density at radius 1 is 0.964 bits per heavy atom. The summed E-state index contributed by atoms with van der Waals surface area (Å²) in [5, 5.41) is 1.01. The Kier molecular flexibility index (Phi) is 4.13. The molecule has 0 fully saturated rings. The van der Waals surface area contributed by atoms with Crippen molar-refractivity contribution >= 4 is 27.3 Å². The van der Waals surface area contributed by atoms with E-state index in [2.05, 4.69) is 9.97 Å². The van der Waals surface area contributed by atoms with Gasteiger partial charge in [0.2, 0.25) is 5.88 Å². The van der Waals surface area contributed by atoms with Crippen LogP contribution in [0.4, 0.5) is 4.39 Å². The lowest BCUT2D eigenvalue weighted by Crippen LogP contribution is -2.01. The zero-order valence-corrected chi connectivity index (χ0v) is 15.6. The van der Waals surface area contributed by atoms with E-state index in [1.54, 1.807) is 35.6 Å². The SMILES string of the molecule is O=C(c1ccc(F)cc1)c1ccc(Oc2ncnc3sc4c(c23)CCC4)cc1. The molecule has 1 aliphatic carbocycles. The van der Waals surface area contributed by atoms with E-state index in [4.69, 9.17) is 4.74 Å². The minimum Gasteiger partial charge on any atom is -0.438 e. The van der Waals surface area contributed by atoms with Crippen LogP contribution in [0.15, 0.2) is 54.9 Å². The maximum Gasteiger partial charge on any atom is 0.231 e. The summed E-state index contributed by atoms with van der Waals surface area (Å²) in [6.07, 6.45) is 4.81. The molecule has 0 N–H and O–H groups in total. The quantitative estimate of drug-likeness (QED) is 0.441. The minimum absolute atomic E-state index is 0.161. The van der Waals surface area contributed by atoms with Gasteiger partial charge in [-0.2, -0.15) is 0 Å². The van der Waals surface area contributed by atoms with Crippen molar-refractivity contribution in [2.75, 3.05) is 0 Å². The summed E-state index contributed by atoms with van der Waals surface area (Å²) < 4.78 is 19.1.